The van der Waals surface area contributed by atoms with E-state index < -0.39 is 23.5 Å². The van der Waals surface area contributed by atoms with E-state index in [0.717, 1.165) is 0 Å². The number of ether oxygens (including phenoxy) is 5. The highest BCUT2D eigenvalue weighted by atomic mass is 16.8. The van der Waals surface area contributed by atoms with Gasteiger partial charge in [-0.3, -0.25) is 4.79 Å². The molecule has 3 unspecified atom stereocenters. The molecule has 18 heavy (non-hydrogen) atoms. The molecule has 0 amide bonds. The van der Waals surface area contributed by atoms with Crippen molar-refractivity contribution < 1.29 is 28.5 Å². The number of rotatable bonds is 0. The Hall–Kier alpha value is -0.530. The average molecular weight is 258 g/mol. The highest BCUT2D eigenvalue weighted by molar-refractivity contribution is 5.92. The maximum atomic E-state index is 12.5. The van der Waals surface area contributed by atoms with Gasteiger partial charge >= 0.3 is 0 Å². The summed E-state index contributed by atoms with van der Waals surface area (Å²) in [5.41, 5.74) is 0. The Bertz CT molecular complexity index is 388. The van der Waals surface area contributed by atoms with Crippen LogP contribution in [-0.2, 0) is 28.5 Å². The first-order valence-corrected chi connectivity index (χ1v) is 6.11. The molecular weight excluding hydrogens is 240 g/mol. The van der Waals surface area contributed by atoms with Crippen molar-refractivity contribution in [2.24, 2.45) is 0 Å². The molecule has 3 heterocycles. The first-order valence-electron chi connectivity index (χ1n) is 6.11. The van der Waals surface area contributed by atoms with Crippen LogP contribution in [0.5, 0.6) is 0 Å². The zero-order valence-corrected chi connectivity index (χ0v) is 11.0. The largest absolute Gasteiger partial charge is 0.344 e. The van der Waals surface area contributed by atoms with Crippen LogP contribution in [0.4, 0.5) is 0 Å². The van der Waals surface area contributed by atoms with Crippen molar-refractivity contribution in [3.63, 3.8) is 0 Å². The van der Waals surface area contributed by atoms with Crippen molar-refractivity contribution in [3.8, 4) is 0 Å². The first-order chi connectivity index (χ1) is 8.23. The predicted octanol–water partition coefficient (Wildman–Crippen LogP) is 0.585. The number of Topliss-reactive ketones (excluding diaryl/α,β-unsaturated/α-hetero) is 1. The van der Waals surface area contributed by atoms with Gasteiger partial charge in [0.05, 0.1) is 6.61 Å². The Balaban J connectivity index is 1.84. The van der Waals surface area contributed by atoms with E-state index >= 15 is 0 Å². The molecule has 6 heteroatoms. The van der Waals surface area contributed by atoms with E-state index in [1.165, 1.54) is 0 Å². The van der Waals surface area contributed by atoms with Crippen LogP contribution in [0.25, 0.3) is 0 Å². The summed E-state index contributed by atoms with van der Waals surface area (Å²) in [4.78, 5) is 12.5. The summed E-state index contributed by atoms with van der Waals surface area (Å²) in [6, 6.07) is 0. The topological polar surface area (TPSA) is 63.2 Å². The van der Waals surface area contributed by atoms with E-state index in [2.05, 4.69) is 0 Å². The molecule has 3 aliphatic heterocycles. The fraction of sp³-hybridized carbons (Fsp3) is 0.917. The second-order valence-electron chi connectivity index (χ2n) is 5.81. The number of carbonyl (C=O) groups is 1. The van der Waals surface area contributed by atoms with Gasteiger partial charge in [0.2, 0.25) is 5.78 Å². The van der Waals surface area contributed by atoms with Gasteiger partial charge in [0.25, 0.3) is 5.79 Å². The molecule has 3 atom stereocenters. The second kappa shape index (κ2) is 3.52. The first kappa shape index (κ1) is 12.5. The van der Waals surface area contributed by atoms with E-state index in [1.54, 1.807) is 27.7 Å². The lowest BCUT2D eigenvalue weighted by Gasteiger charge is -2.35. The normalized spacial score (nSPS) is 45.4. The average Bonchev–Trinajstić information content (AvgIpc) is 2.71. The minimum Gasteiger partial charge on any atom is -0.344 e. The molecule has 1 spiro atoms. The lowest BCUT2D eigenvalue weighted by atomic mass is 9.99. The summed E-state index contributed by atoms with van der Waals surface area (Å²) in [5.74, 6) is -3.18. The third kappa shape index (κ3) is 1.80. The lowest BCUT2D eigenvalue weighted by molar-refractivity contribution is -0.263. The van der Waals surface area contributed by atoms with Crippen LogP contribution in [0.3, 0.4) is 0 Å². The molecule has 6 nitrogen and oxygen atoms in total. The summed E-state index contributed by atoms with van der Waals surface area (Å²) in [7, 11) is 0. The molecule has 0 aromatic carbocycles. The highest BCUT2D eigenvalue weighted by Gasteiger charge is 2.62. The Morgan fingerprint density at radius 1 is 1.06 bits per heavy atom. The molecular formula is C12H18O6. The van der Waals surface area contributed by atoms with Crippen LogP contribution in [0, 0.1) is 0 Å². The molecule has 0 aromatic heterocycles. The van der Waals surface area contributed by atoms with E-state index in [-0.39, 0.29) is 25.1 Å². The van der Waals surface area contributed by atoms with E-state index in [9.17, 15) is 4.79 Å². The number of carbonyl (C=O) groups excluding carboxylic acids is 1. The van der Waals surface area contributed by atoms with Crippen molar-refractivity contribution in [1.82, 2.24) is 0 Å². The third-order valence-electron chi connectivity index (χ3n) is 3.32. The summed E-state index contributed by atoms with van der Waals surface area (Å²) in [6.07, 6.45) is -1.02. The smallest absolute Gasteiger partial charge is 0.258 e. The van der Waals surface area contributed by atoms with Gasteiger partial charge in [0.15, 0.2) is 17.7 Å². The molecule has 0 aliphatic carbocycles. The molecule has 0 saturated carbocycles. The highest BCUT2D eigenvalue weighted by Crippen LogP contribution is 2.41. The van der Waals surface area contributed by atoms with Crippen molar-refractivity contribution >= 4 is 5.78 Å². The van der Waals surface area contributed by atoms with Crippen LogP contribution in [0.1, 0.15) is 27.7 Å². The molecule has 0 N–H and O–H groups in total. The fourth-order valence-corrected chi connectivity index (χ4v) is 2.60. The standard InChI is InChI=1S/C12H18O6/c1-10(2)15-6-12(18-10)9(13)8-7(5-14-12)16-11(3,4)17-8/h7-8H,5-6H2,1-4H3. The maximum Gasteiger partial charge on any atom is 0.258 e. The Kier molecular flexibility index (Phi) is 2.44. The Labute approximate surface area is 105 Å². The Morgan fingerprint density at radius 2 is 1.78 bits per heavy atom. The predicted molar refractivity (Wildman–Crippen MR) is 58.6 cm³/mol. The number of fused-ring (bicyclic) bond motifs is 1. The Morgan fingerprint density at radius 3 is 2.39 bits per heavy atom. The second-order valence-corrected chi connectivity index (χ2v) is 5.81. The van der Waals surface area contributed by atoms with Gasteiger partial charge < -0.3 is 23.7 Å². The summed E-state index contributed by atoms with van der Waals surface area (Å²) < 4.78 is 27.9. The van der Waals surface area contributed by atoms with Crippen LogP contribution >= 0.6 is 0 Å². The van der Waals surface area contributed by atoms with Gasteiger partial charge in [-0.1, -0.05) is 0 Å². The molecule has 0 bridgehead atoms. The zero-order valence-electron chi connectivity index (χ0n) is 11.0. The minimum atomic E-state index is -1.34. The third-order valence-corrected chi connectivity index (χ3v) is 3.32. The van der Waals surface area contributed by atoms with E-state index in [1.807, 2.05) is 0 Å². The fourth-order valence-electron chi connectivity index (χ4n) is 2.60. The monoisotopic (exact) mass is 258 g/mol. The maximum absolute atomic E-state index is 12.5. The number of hydrogen-bond acceptors (Lipinski definition) is 6. The van der Waals surface area contributed by atoms with Gasteiger partial charge in [-0.15, -0.1) is 0 Å². The van der Waals surface area contributed by atoms with E-state index in [4.69, 9.17) is 23.7 Å². The van der Waals surface area contributed by atoms with Crippen LogP contribution in [0.15, 0.2) is 0 Å². The van der Waals surface area contributed by atoms with Gasteiger partial charge in [-0.05, 0) is 27.7 Å². The molecule has 0 radical (unpaired) electrons. The van der Waals surface area contributed by atoms with Crippen molar-refractivity contribution in [2.75, 3.05) is 13.2 Å². The van der Waals surface area contributed by atoms with Gasteiger partial charge in [-0.2, -0.15) is 0 Å². The van der Waals surface area contributed by atoms with Crippen molar-refractivity contribution in [2.45, 2.75) is 57.3 Å². The van der Waals surface area contributed by atoms with Crippen molar-refractivity contribution in [3.05, 3.63) is 0 Å². The van der Waals surface area contributed by atoms with Crippen molar-refractivity contribution in [1.29, 1.82) is 0 Å². The number of ketones is 1. The van der Waals surface area contributed by atoms with Crippen LogP contribution in [0.2, 0.25) is 0 Å². The number of hydrogen-bond donors (Lipinski definition) is 0. The molecule has 3 rings (SSSR count). The van der Waals surface area contributed by atoms with Crippen LogP contribution in [-0.4, -0.2) is 48.6 Å². The van der Waals surface area contributed by atoms with Gasteiger partial charge in [-0.25, -0.2) is 0 Å². The molecule has 3 aliphatic rings. The zero-order chi connectivity index (χ0) is 13.2. The van der Waals surface area contributed by atoms with Gasteiger partial charge in [0, 0.05) is 0 Å². The van der Waals surface area contributed by atoms with Crippen LogP contribution < -0.4 is 0 Å². The minimum absolute atomic E-state index is 0.0891. The quantitative estimate of drug-likeness (QED) is 0.633. The summed E-state index contributed by atoms with van der Waals surface area (Å²) in [6.45, 7) is 7.41. The SMILES string of the molecule is CC1(C)OC2COC3(COC(C)(C)O3)C(=O)C2O1. The lowest BCUT2D eigenvalue weighted by Crippen LogP contribution is -2.58. The molecule has 0 aromatic rings. The summed E-state index contributed by atoms with van der Waals surface area (Å²) in [5, 5.41) is 0. The van der Waals surface area contributed by atoms with E-state index in [0.29, 0.717) is 0 Å². The molecule has 102 valence electrons. The summed E-state index contributed by atoms with van der Waals surface area (Å²) >= 11 is 0. The molecule has 3 saturated heterocycles. The molecule has 3 fully saturated rings. The van der Waals surface area contributed by atoms with Gasteiger partial charge in [0.1, 0.15) is 12.7 Å².